The van der Waals surface area contributed by atoms with Gasteiger partial charge in [0.15, 0.2) is 0 Å². The van der Waals surface area contributed by atoms with E-state index in [0.29, 0.717) is 5.92 Å². The van der Waals surface area contributed by atoms with E-state index < -0.39 is 0 Å². The van der Waals surface area contributed by atoms with Gasteiger partial charge in [-0.1, -0.05) is 12.3 Å². The molecule has 0 aromatic heterocycles. The molecule has 0 bridgehead atoms. The van der Waals surface area contributed by atoms with Gasteiger partial charge in [0.2, 0.25) is 0 Å². The molecule has 1 aliphatic carbocycles. The second-order valence-electron chi connectivity index (χ2n) is 4.09. The summed E-state index contributed by atoms with van der Waals surface area (Å²) in [5, 5.41) is 0. The third kappa shape index (κ3) is 1.59. The zero-order valence-corrected chi connectivity index (χ0v) is 8.20. The van der Waals surface area contributed by atoms with Crippen molar-refractivity contribution in [3.8, 4) is 12.3 Å². The summed E-state index contributed by atoms with van der Waals surface area (Å²) < 4.78 is 5.38. The molecular formula is C11H17NO. The van der Waals surface area contributed by atoms with Crippen LogP contribution in [0.5, 0.6) is 0 Å². The summed E-state index contributed by atoms with van der Waals surface area (Å²) in [5.74, 6) is 3.14. The maximum Gasteiger partial charge on any atom is 0.0847 e. The van der Waals surface area contributed by atoms with Crippen molar-refractivity contribution in [3.63, 3.8) is 0 Å². The summed E-state index contributed by atoms with van der Waals surface area (Å²) >= 11 is 0. The number of hydrogen-bond donors (Lipinski definition) is 0. The number of nitrogens with zero attached hydrogens (tertiary/aromatic N) is 1. The van der Waals surface area contributed by atoms with Crippen LogP contribution in [0.2, 0.25) is 0 Å². The molecule has 0 amide bonds. The predicted octanol–water partition coefficient (Wildman–Crippen LogP) is 1.12. The van der Waals surface area contributed by atoms with Crippen LogP contribution in [0.3, 0.4) is 0 Å². The minimum Gasteiger partial charge on any atom is -0.379 e. The van der Waals surface area contributed by atoms with Gasteiger partial charge < -0.3 is 4.74 Å². The highest BCUT2D eigenvalue weighted by Gasteiger charge is 2.36. The van der Waals surface area contributed by atoms with E-state index in [4.69, 9.17) is 11.2 Å². The van der Waals surface area contributed by atoms with Crippen molar-refractivity contribution in [3.05, 3.63) is 0 Å². The number of likely N-dealkylation sites (tertiary alicyclic amines) is 1. The van der Waals surface area contributed by atoms with Crippen LogP contribution in [-0.4, -0.2) is 37.2 Å². The standard InChI is InChI=1S/C11H17NO/c1-3-9-7-12(8-11(9)13-2)10-5-4-6-10/h1,9-11H,4-8H2,2H3/t9-,11-/m1/s1. The van der Waals surface area contributed by atoms with Crippen molar-refractivity contribution in [2.45, 2.75) is 31.4 Å². The van der Waals surface area contributed by atoms with Gasteiger partial charge in [-0.05, 0) is 12.8 Å². The van der Waals surface area contributed by atoms with E-state index in [2.05, 4.69) is 10.8 Å². The molecule has 0 spiro atoms. The highest BCUT2D eigenvalue weighted by Crippen LogP contribution is 2.30. The van der Waals surface area contributed by atoms with E-state index in [9.17, 15) is 0 Å². The van der Waals surface area contributed by atoms with Gasteiger partial charge in [-0.2, -0.15) is 0 Å². The van der Waals surface area contributed by atoms with Gasteiger partial charge in [-0.3, -0.25) is 4.90 Å². The molecule has 1 saturated carbocycles. The molecular weight excluding hydrogens is 162 g/mol. The molecule has 2 fully saturated rings. The van der Waals surface area contributed by atoms with Crippen LogP contribution in [-0.2, 0) is 4.74 Å². The summed E-state index contributed by atoms with van der Waals surface area (Å²) in [7, 11) is 1.76. The lowest BCUT2D eigenvalue weighted by Crippen LogP contribution is -2.39. The van der Waals surface area contributed by atoms with Crippen molar-refractivity contribution in [1.29, 1.82) is 0 Å². The molecule has 0 aromatic carbocycles. The molecule has 0 aromatic rings. The number of terminal acetylenes is 1. The lowest BCUT2D eigenvalue weighted by Gasteiger charge is -2.34. The monoisotopic (exact) mass is 179 g/mol. The fourth-order valence-electron chi connectivity index (χ4n) is 2.25. The van der Waals surface area contributed by atoms with E-state index >= 15 is 0 Å². The predicted molar refractivity (Wildman–Crippen MR) is 52.3 cm³/mol. The van der Waals surface area contributed by atoms with Gasteiger partial charge in [0.05, 0.1) is 12.0 Å². The minimum atomic E-state index is 0.269. The lowest BCUT2D eigenvalue weighted by atomic mass is 9.92. The smallest absolute Gasteiger partial charge is 0.0847 e. The van der Waals surface area contributed by atoms with Gasteiger partial charge in [0, 0.05) is 26.2 Å². The fraction of sp³-hybridized carbons (Fsp3) is 0.818. The Hall–Kier alpha value is -0.520. The molecule has 72 valence electrons. The average molecular weight is 179 g/mol. The van der Waals surface area contributed by atoms with E-state index in [1.165, 1.54) is 19.3 Å². The SMILES string of the molecule is C#C[C@@H]1CN(C2CCC2)C[C@H]1OC. The molecule has 2 rings (SSSR count). The van der Waals surface area contributed by atoms with Crippen LogP contribution in [0.15, 0.2) is 0 Å². The first-order valence-corrected chi connectivity index (χ1v) is 5.08. The van der Waals surface area contributed by atoms with E-state index in [-0.39, 0.29) is 6.10 Å². The first kappa shape index (κ1) is 9.05. The number of ether oxygens (including phenoxy) is 1. The van der Waals surface area contributed by atoms with E-state index in [1.54, 1.807) is 7.11 Å². The zero-order chi connectivity index (χ0) is 9.26. The third-order valence-electron chi connectivity index (χ3n) is 3.40. The molecule has 2 nitrogen and oxygen atoms in total. The van der Waals surface area contributed by atoms with Gasteiger partial charge in [0.1, 0.15) is 0 Å². The Balaban J connectivity index is 1.93. The quantitative estimate of drug-likeness (QED) is 0.589. The van der Waals surface area contributed by atoms with Crippen molar-refractivity contribution >= 4 is 0 Å². The van der Waals surface area contributed by atoms with Crippen LogP contribution in [0.25, 0.3) is 0 Å². The molecule has 1 aliphatic heterocycles. The van der Waals surface area contributed by atoms with Crippen LogP contribution in [0.1, 0.15) is 19.3 Å². The summed E-state index contributed by atoms with van der Waals surface area (Å²) in [4.78, 5) is 2.50. The third-order valence-corrected chi connectivity index (χ3v) is 3.40. The summed E-state index contributed by atoms with van der Waals surface area (Å²) in [6.45, 7) is 2.08. The van der Waals surface area contributed by atoms with Crippen molar-refractivity contribution in [2.24, 2.45) is 5.92 Å². The summed E-state index contributed by atoms with van der Waals surface area (Å²) in [6.07, 6.45) is 9.83. The van der Waals surface area contributed by atoms with Gasteiger partial charge in [0.25, 0.3) is 0 Å². The van der Waals surface area contributed by atoms with Crippen LogP contribution >= 0.6 is 0 Å². The minimum absolute atomic E-state index is 0.269. The van der Waals surface area contributed by atoms with E-state index in [0.717, 1.165) is 19.1 Å². The summed E-state index contributed by atoms with van der Waals surface area (Å²) in [6, 6.07) is 0.802. The Kier molecular flexibility index (Phi) is 2.57. The second kappa shape index (κ2) is 3.69. The molecule has 1 heterocycles. The Labute approximate surface area is 80.2 Å². The molecule has 2 atom stereocenters. The number of hydrogen-bond acceptors (Lipinski definition) is 2. The van der Waals surface area contributed by atoms with Crippen molar-refractivity contribution < 1.29 is 4.74 Å². The Bertz CT molecular complexity index is 217. The molecule has 0 N–H and O–H groups in total. The lowest BCUT2D eigenvalue weighted by molar-refractivity contribution is 0.0798. The largest absolute Gasteiger partial charge is 0.379 e. The topological polar surface area (TPSA) is 12.5 Å². The average Bonchev–Trinajstić information content (AvgIpc) is 2.44. The number of methoxy groups -OCH3 is 1. The fourth-order valence-corrected chi connectivity index (χ4v) is 2.25. The Morgan fingerprint density at radius 2 is 2.15 bits per heavy atom. The Morgan fingerprint density at radius 3 is 2.54 bits per heavy atom. The number of rotatable bonds is 2. The molecule has 2 aliphatic rings. The molecule has 1 saturated heterocycles. The normalized spacial score (nSPS) is 35.7. The summed E-state index contributed by atoms with van der Waals surface area (Å²) in [5.41, 5.74) is 0. The zero-order valence-electron chi connectivity index (χ0n) is 8.20. The van der Waals surface area contributed by atoms with Gasteiger partial charge in [-0.25, -0.2) is 0 Å². The highest BCUT2D eigenvalue weighted by atomic mass is 16.5. The molecule has 0 unspecified atom stereocenters. The molecule has 2 heteroatoms. The van der Waals surface area contributed by atoms with Crippen molar-refractivity contribution in [2.75, 3.05) is 20.2 Å². The highest BCUT2D eigenvalue weighted by molar-refractivity contribution is 5.05. The van der Waals surface area contributed by atoms with Crippen LogP contribution < -0.4 is 0 Å². The first-order valence-electron chi connectivity index (χ1n) is 5.08. The van der Waals surface area contributed by atoms with E-state index in [1.807, 2.05) is 0 Å². The van der Waals surface area contributed by atoms with Gasteiger partial charge in [-0.15, -0.1) is 6.42 Å². The molecule has 13 heavy (non-hydrogen) atoms. The maximum absolute atomic E-state index is 5.46. The van der Waals surface area contributed by atoms with Crippen molar-refractivity contribution in [1.82, 2.24) is 4.90 Å². The first-order chi connectivity index (χ1) is 6.35. The second-order valence-corrected chi connectivity index (χ2v) is 4.09. The Morgan fingerprint density at radius 1 is 1.38 bits per heavy atom. The van der Waals surface area contributed by atoms with Crippen LogP contribution in [0.4, 0.5) is 0 Å². The van der Waals surface area contributed by atoms with Crippen LogP contribution in [0, 0.1) is 18.3 Å². The maximum atomic E-state index is 5.46. The molecule has 0 radical (unpaired) electrons. The van der Waals surface area contributed by atoms with Gasteiger partial charge >= 0.3 is 0 Å².